The number of anilines is 1. The predicted molar refractivity (Wildman–Crippen MR) is 118 cm³/mol. The highest BCUT2D eigenvalue weighted by Crippen LogP contribution is 2.25. The maximum absolute atomic E-state index is 5.88. The van der Waals surface area contributed by atoms with E-state index >= 15 is 0 Å². The van der Waals surface area contributed by atoms with Gasteiger partial charge >= 0.3 is 0 Å². The SMILES string of the molecule is S=C(NN=Cc1nc2ccccc2c2ccccc12)Nc1ccc(Cl)cc1. The average Bonchev–Trinajstić information content (AvgIpc) is 2.70. The Morgan fingerprint density at radius 1 is 0.889 bits per heavy atom. The molecule has 0 aliphatic carbocycles. The predicted octanol–water partition coefficient (Wildman–Crippen LogP) is 5.36. The van der Waals surface area contributed by atoms with E-state index in [1.807, 2.05) is 48.5 Å². The Morgan fingerprint density at radius 2 is 1.56 bits per heavy atom. The van der Waals surface area contributed by atoms with E-state index in [1.165, 1.54) is 0 Å². The number of hydrazone groups is 1. The maximum Gasteiger partial charge on any atom is 0.191 e. The zero-order valence-electron chi connectivity index (χ0n) is 14.2. The van der Waals surface area contributed by atoms with Gasteiger partial charge in [-0.25, -0.2) is 4.98 Å². The molecular weight excluding hydrogens is 376 g/mol. The molecule has 132 valence electrons. The Bertz CT molecular complexity index is 1160. The van der Waals surface area contributed by atoms with E-state index in [1.54, 1.807) is 18.3 Å². The van der Waals surface area contributed by atoms with Crippen molar-refractivity contribution in [3.05, 3.63) is 83.5 Å². The smallest absolute Gasteiger partial charge is 0.191 e. The summed E-state index contributed by atoms with van der Waals surface area (Å²) in [6, 6.07) is 23.5. The summed E-state index contributed by atoms with van der Waals surface area (Å²) in [5.74, 6) is 0. The van der Waals surface area contributed by atoms with Crippen molar-refractivity contribution in [1.29, 1.82) is 0 Å². The number of pyridine rings is 1. The lowest BCUT2D eigenvalue weighted by atomic mass is 10.0. The fourth-order valence-electron chi connectivity index (χ4n) is 2.87. The van der Waals surface area contributed by atoms with E-state index in [0.717, 1.165) is 33.1 Å². The first-order chi connectivity index (χ1) is 13.2. The second kappa shape index (κ2) is 7.70. The molecule has 0 fully saturated rings. The zero-order valence-corrected chi connectivity index (χ0v) is 15.8. The van der Waals surface area contributed by atoms with Crippen LogP contribution in [-0.4, -0.2) is 16.3 Å². The van der Waals surface area contributed by atoms with E-state index < -0.39 is 0 Å². The third-order valence-corrected chi connectivity index (χ3v) is 4.54. The highest BCUT2D eigenvalue weighted by Gasteiger charge is 2.06. The summed E-state index contributed by atoms with van der Waals surface area (Å²) in [4.78, 5) is 4.73. The van der Waals surface area contributed by atoms with E-state index in [-0.39, 0.29) is 0 Å². The van der Waals surface area contributed by atoms with Gasteiger partial charge in [0.25, 0.3) is 0 Å². The van der Waals surface area contributed by atoms with Crippen LogP contribution in [0.1, 0.15) is 5.69 Å². The Morgan fingerprint density at radius 3 is 2.33 bits per heavy atom. The second-order valence-corrected chi connectivity index (χ2v) is 6.74. The van der Waals surface area contributed by atoms with Crippen molar-refractivity contribution >= 4 is 62.5 Å². The minimum Gasteiger partial charge on any atom is -0.331 e. The molecule has 0 aliphatic rings. The summed E-state index contributed by atoms with van der Waals surface area (Å²) in [5.41, 5.74) is 5.37. The molecule has 0 bridgehead atoms. The number of fused-ring (bicyclic) bond motifs is 3. The van der Waals surface area contributed by atoms with Crippen LogP contribution in [0.3, 0.4) is 0 Å². The lowest BCUT2D eigenvalue weighted by Gasteiger charge is -2.08. The van der Waals surface area contributed by atoms with Gasteiger partial charge in [-0.1, -0.05) is 54.1 Å². The summed E-state index contributed by atoms with van der Waals surface area (Å²) in [6.07, 6.45) is 1.69. The number of hydrogen-bond donors (Lipinski definition) is 2. The second-order valence-electron chi connectivity index (χ2n) is 5.89. The third kappa shape index (κ3) is 3.89. The highest BCUT2D eigenvalue weighted by molar-refractivity contribution is 7.80. The lowest BCUT2D eigenvalue weighted by Crippen LogP contribution is -2.23. The average molecular weight is 391 g/mol. The summed E-state index contributed by atoms with van der Waals surface area (Å²) in [6.45, 7) is 0. The lowest BCUT2D eigenvalue weighted by molar-refractivity contribution is 1.05. The molecule has 6 heteroatoms. The van der Waals surface area contributed by atoms with Crippen molar-refractivity contribution in [2.75, 3.05) is 5.32 Å². The highest BCUT2D eigenvalue weighted by atomic mass is 35.5. The standard InChI is InChI=1S/C21H15ClN4S/c22-14-9-11-15(12-10-14)24-21(27)26-23-13-20-18-7-2-1-5-16(18)17-6-3-4-8-19(17)25-20/h1-13H,(H2,24,26,27). The van der Waals surface area contributed by atoms with Crippen molar-refractivity contribution in [3.8, 4) is 0 Å². The van der Waals surface area contributed by atoms with Crippen molar-refractivity contribution in [3.63, 3.8) is 0 Å². The van der Waals surface area contributed by atoms with E-state index in [4.69, 9.17) is 28.8 Å². The molecule has 3 aromatic carbocycles. The number of benzene rings is 3. The van der Waals surface area contributed by atoms with Gasteiger partial charge in [-0.3, -0.25) is 5.43 Å². The van der Waals surface area contributed by atoms with E-state index in [9.17, 15) is 0 Å². The minimum atomic E-state index is 0.388. The first-order valence-corrected chi connectivity index (χ1v) is 9.12. The number of aromatic nitrogens is 1. The number of nitrogens with zero attached hydrogens (tertiary/aromatic N) is 2. The molecule has 4 aromatic rings. The maximum atomic E-state index is 5.88. The number of hydrogen-bond acceptors (Lipinski definition) is 3. The molecule has 0 amide bonds. The molecule has 0 saturated carbocycles. The van der Waals surface area contributed by atoms with Crippen LogP contribution in [0.2, 0.25) is 5.02 Å². The minimum absolute atomic E-state index is 0.388. The molecule has 1 heterocycles. The van der Waals surface area contributed by atoms with Crippen LogP contribution in [0, 0.1) is 0 Å². The number of halogens is 1. The Labute approximate surface area is 166 Å². The zero-order chi connectivity index (χ0) is 18.6. The molecule has 0 aliphatic heterocycles. The molecular formula is C21H15ClN4S. The van der Waals surface area contributed by atoms with Crippen LogP contribution < -0.4 is 10.7 Å². The van der Waals surface area contributed by atoms with Gasteiger partial charge in [0.2, 0.25) is 0 Å². The normalized spacial score (nSPS) is 11.1. The molecule has 0 spiro atoms. The molecule has 4 rings (SSSR count). The van der Waals surface area contributed by atoms with E-state index in [0.29, 0.717) is 10.1 Å². The van der Waals surface area contributed by atoms with Gasteiger partial charge in [-0.2, -0.15) is 5.10 Å². The van der Waals surface area contributed by atoms with Crippen molar-refractivity contribution in [2.24, 2.45) is 5.10 Å². The first-order valence-electron chi connectivity index (χ1n) is 8.34. The van der Waals surface area contributed by atoms with Crippen LogP contribution in [0.15, 0.2) is 77.9 Å². The number of nitrogens with one attached hydrogen (secondary N) is 2. The third-order valence-electron chi connectivity index (χ3n) is 4.09. The van der Waals surface area contributed by atoms with Crippen molar-refractivity contribution in [1.82, 2.24) is 10.4 Å². The fourth-order valence-corrected chi connectivity index (χ4v) is 3.17. The monoisotopic (exact) mass is 390 g/mol. The molecule has 0 saturated heterocycles. The number of rotatable bonds is 3. The van der Waals surface area contributed by atoms with Crippen LogP contribution >= 0.6 is 23.8 Å². The van der Waals surface area contributed by atoms with Crippen LogP contribution in [0.4, 0.5) is 5.69 Å². The number of para-hydroxylation sites is 1. The summed E-state index contributed by atoms with van der Waals surface area (Å²) in [5, 5.41) is 11.7. The molecule has 0 radical (unpaired) electrons. The van der Waals surface area contributed by atoms with Gasteiger partial charge in [0.1, 0.15) is 0 Å². The van der Waals surface area contributed by atoms with Crippen molar-refractivity contribution < 1.29 is 0 Å². The quantitative estimate of drug-likeness (QED) is 0.214. The van der Waals surface area contributed by atoms with E-state index in [2.05, 4.69) is 28.0 Å². The van der Waals surface area contributed by atoms with Gasteiger partial charge < -0.3 is 5.32 Å². The molecule has 1 aromatic heterocycles. The van der Waals surface area contributed by atoms with Crippen LogP contribution in [-0.2, 0) is 0 Å². The van der Waals surface area contributed by atoms with Crippen molar-refractivity contribution in [2.45, 2.75) is 0 Å². The van der Waals surface area contributed by atoms with Crippen LogP contribution in [0.5, 0.6) is 0 Å². The van der Waals surface area contributed by atoms with Gasteiger partial charge in [0.15, 0.2) is 5.11 Å². The van der Waals surface area contributed by atoms with Gasteiger partial charge in [-0.15, -0.1) is 0 Å². The van der Waals surface area contributed by atoms with Gasteiger partial charge in [0, 0.05) is 21.5 Å². The molecule has 0 atom stereocenters. The molecule has 0 unspecified atom stereocenters. The van der Waals surface area contributed by atoms with Gasteiger partial charge in [0.05, 0.1) is 17.4 Å². The summed E-state index contributed by atoms with van der Waals surface area (Å²) < 4.78 is 0. The largest absolute Gasteiger partial charge is 0.331 e. The first kappa shape index (κ1) is 17.4. The summed E-state index contributed by atoms with van der Waals surface area (Å²) in [7, 11) is 0. The van der Waals surface area contributed by atoms with Gasteiger partial charge in [-0.05, 0) is 47.9 Å². The summed E-state index contributed by atoms with van der Waals surface area (Å²) >= 11 is 11.1. The topological polar surface area (TPSA) is 49.3 Å². The molecule has 27 heavy (non-hydrogen) atoms. The molecule has 4 nitrogen and oxygen atoms in total. The fraction of sp³-hybridized carbons (Fsp3) is 0. The number of thiocarbonyl (C=S) groups is 1. The molecule has 2 N–H and O–H groups in total. The Hall–Kier alpha value is -3.02. The van der Waals surface area contributed by atoms with Crippen LogP contribution in [0.25, 0.3) is 21.7 Å². The Balaban J connectivity index is 1.57. The Kier molecular flexibility index (Phi) is 4.96.